The molecule has 5 heteroatoms. The molecule has 0 radical (unpaired) electrons. The summed E-state index contributed by atoms with van der Waals surface area (Å²) >= 11 is 0. The van der Waals surface area contributed by atoms with Gasteiger partial charge in [0.05, 0.1) is 24.7 Å². The van der Waals surface area contributed by atoms with Gasteiger partial charge in [0.25, 0.3) is 5.91 Å². The Morgan fingerprint density at radius 2 is 1.84 bits per heavy atom. The maximum Gasteiger partial charge on any atom is 0.316 e. The summed E-state index contributed by atoms with van der Waals surface area (Å²) in [6.45, 7) is 4.34. The van der Waals surface area contributed by atoms with Gasteiger partial charge in [-0.05, 0) is 26.0 Å². The highest BCUT2D eigenvalue weighted by atomic mass is 16.5. The van der Waals surface area contributed by atoms with E-state index in [4.69, 9.17) is 4.74 Å². The summed E-state index contributed by atoms with van der Waals surface area (Å²) in [5, 5.41) is 2.73. The Balaban J connectivity index is 2.04. The first-order valence-corrected chi connectivity index (χ1v) is 6.02. The molecule has 0 saturated heterocycles. The van der Waals surface area contributed by atoms with Gasteiger partial charge in [-0.2, -0.15) is 0 Å². The van der Waals surface area contributed by atoms with Gasteiger partial charge in [0.2, 0.25) is 0 Å². The third-order valence-corrected chi connectivity index (χ3v) is 2.47. The number of hydrogen-bond donors (Lipinski definition) is 1. The fourth-order valence-corrected chi connectivity index (χ4v) is 1.49. The average Bonchev–Trinajstić information content (AvgIpc) is 2.42. The standard InChI is InChI=1S/C14H15N3O2/c1-3-19-14-15-8-12(9-16-14)17-13(18)11-6-4-10(2)5-7-11/h4-9H,3H2,1-2H3,(H,17,18). The predicted octanol–water partition coefficient (Wildman–Crippen LogP) is 2.44. The number of hydrogen-bond acceptors (Lipinski definition) is 4. The number of aromatic nitrogens is 2. The van der Waals surface area contributed by atoms with Crippen LogP contribution >= 0.6 is 0 Å². The van der Waals surface area contributed by atoms with Crippen LogP contribution in [0.1, 0.15) is 22.8 Å². The smallest absolute Gasteiger partial charge is 0.316 e. The summed E-state index contributed by atoms with van der Waals surface area (Å²) in [6.07, 6.45) is 3.04. The molecule has 98 valence electrons. The molecule has 1 aromatic carbocycles. The van der Waals surface area contributed by atoms with Gasteiger partial charge >= 0.3 is 6.01 Å². The zero-order valence-corrected chi connectivity index (χ0v) is 10.9. The van der Waals surface area contributed by atoms with Crippen LogP contribution in [0.3, 0.4) is 0 Å². The molecule has 2 aromatic rings. The number of anilines is 1. The Hall–Kier alpha value is -2.43. The number of ether oxygens (including phenoxy) is 1. The number of nitrogens with one attached hydrogen (secondary N) is 1. The molecule has 5 nitrogen and oxygen atoms in total. The molecule has 0 aliphatic heterocycles. The molecule has 1 aromatic heterocycles. The quantitative estimate of drug-likeness (QED) is 0.913. The Labute approximate surface area is 111 Å². The second-order valence-corrected chi connectivity index (χ2v) is 4.01. The van der Waals surface area contributed by atoms with Gasteiger partial charge in [-0.1, -0.05) is 17.7 Å². The minimum Gasteiger partial charge on any atom is -0.464 e. The van der Waals surface area contributed by atoms with E-state index in [1.807, 2.05) is 26.0 Å². The van der Waals surface area contributed by atoms with Gasteiger partial charge < -0.3 is 10.1 Å². The van der Waals surface area contributed by atoms with Crippen LogP contribution in [0.4, 0.5) is 5.69 Å². The van der Waals surface area contributed by atoms with Crippen molar-refractivity contribution in [3.05, 3.63) is 47.8 Å². The van der Waals surface area contributed by atoms with Crippen LogP contribution in [-0.4, -0.2) is 22.5 Å². The Kier molecular flexibility index (Phi) is 4.07. The van der Waals surface area contributed by atoms with E-state index in [0.29, 0.717) is 23.9 Å². The van der Waals surface area contributed by atoms with Gasteiger partial charge in [-0.25, -0.2) is 9.97 Å². The second-order valence-electron chi connectivity index (χ2n) is 4.01. The van der Waals surface area contributed by atoms with Crippen molar-refractivity contribution in [3.8, 4) is 6.01 Å². The average molecular weight is 257 g/mol. The lowest BCUT2D eigenvalue weighted by molar-refractivity contribution is 0.102. The third-order valence-electron chi connectivity index (χ3n) is 2.47. The van der Waals surface area contributed by atoms with Crippen LogP contribution in [-0.2, 0) is 0 Å². The Morgan fingerprint density at radius 1 is 1.21 bits per heavy atom. The molecule has 0 aliphatic carbocycles. The van der Waals surface area contributed by atoms with Crippen molar-refractivity contribution >= 4 is 11.6 Å². The van der Waals surface area contributed by atoms with Crippen molar-refractivity contribution in [2.24, 2.45) is 0 Å². The van der Waals surface area contributed by atoms with E-state index in [9.17, 15) is 4.79 Å². The summed E-state index contributed by atoms with van der Waals surface area (Å²) in [5.74, 6) is -0.187. The lowest BCUT2D eigenvalue weighted by Gasteiger charge is -2.05. The minimum absolute atomic E-state index is 0.187. The molecular weight excluding hydrogens is 242 g/mol. The van der Waals surface area contributed by atoms with Crippen LogP contribution in [0, 0.1) is 6.92 Å². The number of nitrogens with zero attached hydrogens (tertiary/aromatic N) is 2. The lowest BCUT2D eigenvalue weighted by atomic mass is 10.1. The monoisotopic (exact) mass is 257 g/mol. The molecule has 0 fully saturated rings. The number of carbonyl (C=O) groups excluding carboxylic acids is 1. The summed E-state index contributed by atoms with van der Waals surface area (Å²) in [6, 6.07) is 7.64. The molecular formula is C14H15N3O2. The first-order chi connectivity index (χ1) is 9.19. The minimum atomic E-state index is -0.187. The van der Waals surface area contributed by atoms with Gasteiger partial charge in [0.15, 0.2) is 0 Å². The Morgan fingerprint density at radius 3 is 2.42 bits per heavy atom. The summed E-state index contributed by atoms with van der Waals surface area (Å²) in [4.78, 5) is 19.9. The van der Waals surface area contributed by atoms with E-state index in [1.165, 1.54) is 12.4 Å². The molecule has 1 amide bonds. The van der Waals surface area contributed by atoms with Crippen LogP contribution in [0.2, 0.25) is 0 Å². The van der Waals surface area contributed by atoms with E-state index >= 15 is 0 Å². The van der Waals surface area contributed by atoms with Crippen molar-refractivity contribution in [3.63, 3.8) is 0 Å². The first-order valence-electron chi connectivity index (χ1n) is 6.02. The van der Waals surface area contributed by atoms with E-state index < -0.39 is 0 Å². The van der Waals surface area contributed by atoms with E-state index in [-0.39, 0.29) is 5.91 Å². The Bertz CT molecular complexity index is 550. The maximum absolute atomic E-state index is 11.9. The van der Waals surface area contributed by atoms with Crippen LogP contribution in [0.25, 0.3) is 0 Å². The number of rotatable bonds is 4. The van der Waals surface area contributed by atoms with E-state index in [2.05, 4.69) is 15.3 Å². The molecule has 0 aliphatic rings. The molecule has 19 heavy (non-hydrogen) atoms. The number of aryl methyl sites for hydroxylation is 1. The van der Waals surface area contributed by atoms with Crippen LogP contribution < -0.4 is 10.1 Å². The molecule has 0 spiro atoms. The van der Waals surface area contributed by atoms with Gasteiger partial charge in [-0.3, -0.25) is 4.79 Å². The van der Waals surface area contributed by atoms with Crippen molar-refractivity contribution in [1.29, 1.82) is 0 Å². The molecule has 0 atom stereocenters. The van der Waals surface area contributed by atoms with Gasteiger partial charge in [0.1, 0.15) is 0 Å². The van der Waals surface area contributed by atoms with Gasteiger partial charge in [-0.15, -0.1) is 0 Å². The van der Waals surface area contributed by atoms with E-state index in [0.717, 1.165) is 5.56 Å². The fourth-order valence-electron chi connectivity index (χ4n) is 1.49. The molecule has 1 heterocycles. The number of benzene rings is 1. The van der Waals surface area contributed by atoms with Crippen molar-refractivity contribution < 1.29 is 9.53 Å². The molecule has 0 bridgehead atoms. The number of carbonyl (C=O) groups is 1. The van der Waals surface area contributed by atoms with Crippen molar-refractivity contribution in [1.82, 2.24) is 9.97 Å². The molecule has 1 N–H and O–H groups in total. The van der Waals surface area contributed by atoms with Crippen LogP contribution in [0.5, 0.6) is 6.01 Å². The second kappa shape index (κ2) is 5.95. The first kappa shape index (κ1) is 13.0. The molecule has 0 saturated carbocycles. The highest BCUT2D eigenvalue weighted by Gasteiger charge is 2.06. The largest absolute Gasteiger partial charge is 0.464 e. The number of amides is 1. The summed E-state index contributed by atoms with van der Waals surface area (Å²) in [5.41, 5.74) is 2.24. The predicted molar refractivity (Wildman–Crippen MR) is 72.3 cm³/mol. The van der Waals surface area contributed by atoms with Crippen LogP contribution in [0.15, 0.2) is 36.7 Å². The highest BCUT2D eigenvalue weighted by Crippen LogP contribution is 2.10. The SMILES string of the molecule is CCOc1ncc(NC(=O)c2ccc(C)cc2)cn1. The van der Waals surface area contributed by atoms with Crippen molar-refractivity contribution in [2.45, 2.75) is 13.8 Å². The third kappa shape index (κ3) is 3.51. The normalized spacial score (nSPS) is 10.0. The topological polar surface area (TPSA) is 64.1 Å². The molecule has 2 rings (SSSR count). The zero-order chi connectivity index (χ0) is 13.7. The summed E-state index contributed by atoms with van der Waals surface area (Å²) in [7, 11) is 0. The van der Waals surface area contributed by atoms with Crippen molar-refractivity contribution in [2.75, 3.05) is 11.9 Å². The fraction of sp³-hybridized carbons (Fsp3) is 0.214. The zero-order valence-electron chi connectivity index (χ0n) is 10.9. The lowest BCUT2D eigenvalue weighted by Crippen LogP contribution is -2.12. The van der Waals surface area contributed by atoms with Gasteiger partial charge in [0, 0.05) is 5.56 Å². The molecule has 0 unspecified atom stereocenters. The highest BCUT2D eigenvalue weighted by molar-refractivity contribution is 6.04. The van der Waals surface area contributed by atoms with E-state index in [1.54, 1.807) is 12.1 Å². The maximum atomic E-state index is 11.9. The summed E-state index contributed by atoms with van der Waals surface area (Å²) < 4.78 is 5.13.